The second-order valence-corrected chi connectivity index (χ2v) is 11.9. The molecule has 0 fully saturated rings. The molecular formula is C25H30FN3O3S2. The second kappa shape index (κ2) is 10.8. The van der Waals surface area contributed by atoms with Gasteiger partial charge in [0.15, 0.2) is 4.80 Å². The van der Waals surface area contributed by atoms with Gasteiger partial charge in [0, 0.05) is 25.2 Å². The number of aromatic nitrogens is 1. The summed E-state index contributed by atoms with van der Waals surface area (Å²) in [5.74, 6) is -0.497. The van der Waals surface area contributed by atoms with Crippen LogP contribution in [0.25, 0.3) is 10.2 Å². The summed E-state index contributed by atoms with van der Waals surface area (Å²) in [6.07, 6.45) is 1.68. The van der Waals surface area contributed by atoms with Crippen molar-refractivity contribution in [1.82, 2.24) is 8.87 Å². The van der Waals surface area contributed by atoms with Gasteiger partial charge in [-0.15, -0.1) is 6.58 Å². The quantitative estimate of drug-likeness (QED) is 0.383. The number of sulfonamides is 1. The number of carbonyl (C=O) groups is 1. The van der Waals surface area contributed by atoms with Crippen molar-refractivity contribution in [3.8, 4) is 0 Å². The number of hydrogen-bond donors (Lipinski definition) is 0. The normalized spacial score (nSPS) is 12.9. The van der Waals surface area contributed by atoms with E-state index >= 15 is 0 Å². The van der Waals surface area contributed by atoms with E-state index in [1.165, 1.54) is 52.0 Å². The third-order valence-corrected chi connectivity index (χ3v) is 7.92. The highest BCUT2D eigenvalue weighted by molar-refractivity contribution is 7.89. The van der Waals surface area contributed by atoms with Crippen molar-refractivity contribution < 1.29 is 17.6 Å². The average molecular weight is 504 g/mol. The molecule has 9 heteroatoms. The molecule has 0 N–H and O–H groups in total. The largest absolute Gasteiger partial charge is 0.312 e. The average Bonchev–Trinajstić information content (AvgIpc) is 3.09. The lowest BCUT2D eigenvalue weighted by Gasteiger charge is -2.25. The van der Waals surface area contributed by atoms with Crippen LogP contribution in [0.2, 0.25) is 0 Å². The maximum atomic E-state index is 13.6. The van der Waals surface area contributed by atoms with Crippen LogP contribution in [0.4, 0.5) is 4.39 Å². The van der Waals surface area contributed by atoms with Gasteiger partial charge in [-0.25, -0.2) is 12.8 Å². The van der Waals surface area contributed by atoms with Crippen LogP contribution in [0.1, 0.15) is 38.1 Å². The molecule has 2 aromatic carbocycles. The number of allylic oxidation sites excluding steroid dienone is 1. The van der Waals surface area contributed by atoms with E-state index in [0.29, 0.717) is 29.1 Å². The number of halogens is 1. The minimum absolute atomic E-state index is 0.143. The molecule has 3 aromatic rings. The summed E-state index contributed by atoms with van der Waals surface area (Å²) in [6.45, 7) is 12.9. The smallest absolute Gasteiger partial charge is 0.279 e. The highest BCUT2D eigenvalue weighted by atomic mass is 32.2. The Labute approximate surface area is 204 Å². The second-order valence-electron chi connectivity index (χ2n) is 8.95. The number of carbonyl (C=O) groups excluding carboxylic acids is 1. The van der Waals surface area contributed by atoms with Gasteiger partial charge in [0.1, 0.15) is 5.82 Å². The fraction of sp³-hybridized carbons (Fsp3) is 0.360. The Kier molecular flexibility index (Phi) is 8.22. The van der Waals surface area contributed by atoms with Crippen molar-refractivity contribution in [2.75, 3.05) is 13.1 Å². The highest BCUT2D eigenvalue weighted by Gasteiger charge is 2.26. The van der Waals surface area contributed by atoms with Gasteiger partial charge in [-0.1, -0.05) is 45.1 Å². The van der Waals surface area contributed by atoms with Gasteiger partial charge in [-0.3, -0.25) is 4.79 Å². The van der Waals surface area contributed by atoms with Gasteiger partial charge >= 0.3 is 0 Å². The van der Waals surface area contributed by atoms with Crippen LogP contribution in [-0.2, 0) is 16.6 Å². The first-order valence-electron chi connectivity index (χ1n) is 11.1. The summed E-state index contributed by atoms with van der Waals surface area (Å²) in [7, 11) is -3.69. The molecule has 0 unspecified atom stereocenters. The van der Waals surface area contributed by atoms with E-state index in [2.05, 4.69) is 11.6 Å². The fourth-order valence-electron chi connectivity index (χ4n) is 3.59. The van der Waals surface area contributed by atoms with Crippen LogP contribution < -0.4 is 4.80 Å². The van der Waals surface area contributed by atoms with Crippen LogP contribution >= 0.6 is 11.3 Å². The van der Waals surface area contributed by atoms with Crippen LogP contribution in [0.3, 0.4) is 0 Å². The fourth-order valence-corrected chi connectivity index (χ4v) is 6.42. The lowest BCUT2D eigenvalue weighted by molar-refractivity contribution is 0.0997. The first-order chi connectivity index (χ1) is 16.0. The molecule has 6 nitrogen and oxygen atoms in total. The molecule has 182 valence electrons. The minimum atomic E-state index is -3.69. The molecule has 1 aromatic heterocycles. The van der Waals surface area contributed by atoms with Gasteiger partial charge in [0.2, 0.25) is 10.0 Å². The van der Waals surface area contributed by atoms with Crippen molar-refractivity contribution in [1.29, 1.82) is 0 Å². The monoisotopic (exact) mass is 503 g/mol. The highest BCUT2D eigenvalue weighted by Crippen LogP contribution is 2.21. The predicted molar refractivity (Wildman–Crippen MR) is 135 cm³/mol. The van der Waals surface area contributed by atoms with E-state index in [0.717, 1.165) is 5.52 Å². The van der Waals surface area contributed by atoms with Crippen molar-refractivity contribution in [3.05, 3.63) is 71.3 Å². The Morgan fingerprint density at radius 3 is 2.29 bits per heavy atom. The van der Waals surface area contributed by atoms with Crippen LogP contribution in [-0.4, -0.2) is 36.3 Å². The van der Waals surface area contributed by atoms with E-state index in [1.54, 1.807) is 16.7 Å². The maximum Gasteiger partial charge on any atom is 0.279 e. The van der Waals surface area contributed by atoms with E-state index in [-0.39, 0.29) is 28.1 Å². The number of rotatable bonds is 9. The zero-order valence-corrected chi connectivity index (χ0v) is 21.5. The van der Waals surface area contributed by atoms with Gasteiger partial charge < -0.3 is 4.57 Å². The lowest BCUT2D eigenvalue weighted by Crippen LogP contribution is -2.37. The molecular weight excluding hydrogens is 473 g/mol. The molecule has 1 amide bonds. The Hall–Kier alpha value is -2.62. The SMILES string of the molecule is C=CCn1c(=NC(=O)c2ccc(S(=O)(=O)N(CC(C)C)CC(C)C)cc2)sc2cc(F)ccc21. The summed E-state index contributed by atoms with van der Waals surface area (Å²) < 4.78 is 44.0. The molecule has 0 aliphatic heterocycles. The molecule has 0 atom stereocenters. The predicted octanol–water partition coefficient (Wildman–Crippen LogP) is 5.07. The molecule has 0 saturated heterocycles. The Balaban J connectivity index is 1.94. The van der Waals surface area contributed by atoms with E-state index in [4.69, 9.17) is 0 Å². The molecule has 3 rings (SSSR count). The third kappa shape index (κ3) is 5.89. The number of benzene rings is 2. The number of fused-ring (bicyclic) bond motifs is 1. The standard InChI is InChI=1S/C25H30FN3O3S2/c1-6-13-29-22-12-9-20(26)14-23(22)33-25(29)27-24(30)19-7-10-21(11-8-19)34(31,32)28(15-17(2)3)16-18(4)5/h6-12,14,17-18H,1,13,15-16H2,2-5H3. The topological polar surface area (TPSA) is 71.7 Å². The molecule has 0 aliphatic rings. The first kappa shape index (κ1) is 26.0. The zero-order chi connectivity index (χ0) is 25.0. The summed E-state index contributed by atoms with van der Waals surface area (Å²) in [6, 6.07) is 10.3. The molecule has 0 aliphatic carbocycles. The van der Waals surface area contributed by atoms with E-state index in [1.807, 2.05) is 27.7 Å². The zero-order valence-electron chi connectivity index (χ0n) is 19.9. The Morgan fingerprint density at radius 2 is 1.74 bits per heavy atom. The van der Waals surface area contributed by atoms with Gasteiger partial charge in [0.05, 0.1) is 15.1 Å². The summed E-state index contributed by atoms with van der Waals surface area (Å²) in [5, 5.41) is 0. The van der Waals surface area contributed by atoms with Crippen LogP contribution in [0, 0.1) is 17.7 Å². The van der Waals surface area contributed by atoms with Crippen molar-refractivity contribution in [2.45, 2.75) is 39.1 Å². The molecule has 0 bridgehead atoms. The van der Waals surface area contributed by atoms with Gasteiger partial charge in [0.25, 0.3) is 5.91 Å². The van der Waals surface area contributed by atoms with Crippen molar-refractivity contribution >= 4 is 37.5 Å². The summed E-state index contributed by atoms with van der Waals surface area (Å²) >= 11 is 1.21. The Morgan fingerprint density at radius 1 is 1.12 bits per heavy atom. The van der Waals surface area contributed by atoms with Crippen molar-refractivity contribution in [2.24, 2.45) is 16.8 Å². The molecule has 1 heterocycles. The first-order valence-corrected chi connectivity index (χ1v) is 13.4. The lowest BCUT2D eigenvalue weighted by atomic mass is 10.2. The van der Waals surface area contributed by atoms with E-state index < -0.39 is 15.9 Å². The number of nitrogens with zero attached hydrogens (tertiary/aromatic N) is 3. The molecule has 0 spiro atoms. The Bertz CT molecular complexity index is 1340. The van der Waals surface area contributed by atoms with E-state index in [9.17, 15) is 17.6 Å². The number of thiazole rings is 1. The molecule has 34 heavy (non-hydrogen) atoms. The molecule has 0 radical (unpaired) electrons. The van der Waals surface area contributed by atoms with Gasteiger partial charge in [-0.05, 0) is 54.3 Å². The van der Waals surface area contributed by atoms with Crippen LogP contribution in [0.15, 0.2) is 65.0 Å². The van der Waals surface area contributed by atoms with Gasteiger partial charge in [-0.2, -0.15) is 9.30 Å². The third-order valence-electron chi connectivity index (χ3n) is 5.03. The molecule has 0 saturated carbocycles. The number of hydrogen-bond acceptors (Lipinski definition) is 4. The number of amides is 1. The minimum Gasteiger partial charge on any atom is -0.312 e. The maximum absolute atomic E-state index is 13.6. The van der Waals surface area contributed by atoms with Crippen molar-refractivity contribution in [3.63, 3.8) is 0 Å². The summed E-state index contributed by atoms with van der Waals surface area (Å²) in [5.41, 5.74) is 1.03. The van der Waals surface area contributed by atoms with Crippen LogP contribution in [0.5, 0.6) is 0 Å². The summed E-state index contributed by atoms with van der Waals surface area (Å²) in [4.78, 5) is 17.7.